The van der Waals surface area contributed by atoms with Crippen LogP contribution in [0.3, 0.4) is 0 Å². The lowest BCUT2D eigenvalue weighted by Gasteiger charge is -2.17. The van der Waals surface area contributed by atoms with Gasteiger partial charge in [0.1, 0.15) is 29.2 Å². The molecule has 0 saturated carbocycles. The number of nitrogens with zero attached hydrogens (tertiary/aromatic N) is 1. The van der Waals surface area contributed by atoms with Crippen molar-refractivity contribution in [2.75, 3.05) is 20.2 Å². The van der Waals surface area contributed by atoms with Gasteiger partial charge in [0.25, 0.3) is 0 Å². The van der Waals surface area contributed by atoms with Crippen molar-refractivity contribution in [3.63, 3.8) is 0 Å². The van der Waals surface area contributed by atoms with Crippen molar-refractivity contribution >= 4 is 5.96 Å². The molecule has 0 aromatic heterocycles. The Bertz CT molecular complexity index is 751. The molecule has 0 heterocycles. The fourth-order valence-corrected chi connectivity index (χ4v) is 2.35. The number of aromatic hydroxyl groups is 1. The first-order valence-electron chi connectivity index (χ1n) is 8.82. The molecule has 0 amide bonds. The zero-order chi connectivity index (χ0) is 19.6. The molecule has 0 spiro atoms. The summed E-state index contributed by atoms with van der Waals surface area (Å²) >= 11 is 0. The molecule has 0 fully saturated rings. The van der Waals surface area contributed by atoms with Gasteiger partial charge in [-0.1, -0.05) is 0 Å². The molecule has 0 saturated heterocycles. The van der Waals surface area contributed by atoms with Gasteiger partial charge in [0.2, 0.25) is 0 Å². The summed E-state index contributed by atoms with van der Waals surface area (Å²) in [4.78, 5) is 4.48. The second-order valence-corrected chi connectivity index (χ2v) is 5.95. The third-order valence-corrected chi connectivity index (χ3v) is 3.75. The summed E-state index contributed by atoms with van der Waals surface area (Å²) < 4.78 is 23.9. The van der Waals surface area contributed by atoms with Gasteiger partial charge >= 0.3 is 0 Å². The molecule has 7 heteroatoms. The summed E-state index contributed by atoms with van der Waals surface area (Å²) in [5.74, 6) is 1.75. The Morgan fingerprint density at radius 2 is 1.85 bits per heavy atom. The van der Waals surface area contributed by atoms with E-state index in [0.29, 0.717) is 42.7 Å². The van der Waals surface area contributed by atoms with Gasteiger partial charge in [0.05, 0.1) is 20.2 Å². The fourth-order valence-electron chi connectivity index (χ4n) is 2.35. The van der Waals surface area contributed by atoms with Crippen LogP contribution in [0.5, 0.6) is 17.2 Å². The van der Waals surface area contributed by atoms with Crippen LogP contribution in [0.2, 0.25) is 0 Å². The molecule has 2 aromatic carbocycles. The molecule has 27 heavy (non-hydrogen) atoms. The van der Waals surface area contributed by atoms with Gasteiger partial charge in [-0.2, -0.15) is 0 Å². The summed E-state index contributed by atoms with van der Waals surface area (Å²) in [7, 11) is 1.58. The van der Waals surface area contributed by atoms with Crippen molar-refractivity contribution in [2.45, 2.75) is 26.5 Å². The van der Waals surface area contributed by atoms with E-state index in [9.17, 15) is 9.50 Å². The second-order valence-electron chi connectivity index (χ2n) is 5.95. The SMILES string of the molecule is CCNC(=NCc1cc(OC)ccc1O)NCC(C)Oc1ccc(F)cc1. The Labute approximate surface area is 159 Å². The van der Waals surface area contributed by atoms with Crippen LogP contribution in [0.1, 0.15) is 19.4 Å². The summed E-state index contributed by atoms with van der Waals surface area (Å²) in [6, 6.07) is 10.9. The fraction of sp³-hybridized carbons (Fsp3) is 0.350. The van der Waals surface area contributed by atoms with Crippen molar-refractivity contribution in [1.29, 1.82) is 0 Å². The third-order valence-electron chi connectivity index (χ3n) is 3.75. The molecule has 2 rings (SSSR count). The zero-order valence-electron chi connectivity index (χ0n) is 15.8. The van der Waals surface area contributed by atoms with Crippen molar-refractivity contribution in [1.82, 2.24) is 10.6 Å². The number of nitrogens with one attached hydrogen (secondary N) is 2. The maximum Gasteiger partial charge on any atom is 0.191 e. The zero-order valence-corrected chi connectivity index (χ0v) is 15.8. The van der Waals surface area contributed by atoms with Crippen molar-refractivity contribution < 1.29 is 19.0 Å². The highest BCUT2D eigenvalue weighted by molar-refractivity contribution is 5.79. The van der Waals surface area contributed by atoms with Crippen LogP contribution in [-0.4, -0.2) is 37.4 Å². The van der Waals surface area contributed by atoms with Gasteiger partial charge in [-0.3, -0.25) is 0 Å². The molecule has 0 aliphatic rings. The van der Waals surface area contributed by atoms with Crippen molar-refractivity contribution in [3.05, 3.63) is 53.8 Å². The smallest absolute Gasteiger partial charge is 0.191 e. The van der Waals surface area contributed by atoms with E-state index in [1.54, 1.807) is 37.4 Å². The average molecular weight is 375 g/mol. The number of ether oxygens (including phenoxy) is 2. The van der Waals surface area contributed by atoms with Crippen LogP contribution in [0.15, 0.2) is 47.5 Å². The maximum atomic E-state index is 12.9. The first-order chi connectivity index (χ1) is 13.0. The number of methoxy groups -OCH3 is 1. The highest BCUT2D eigenvalue weighted by Gasteiger charge is 2.07. The number of aliphatic imine (C=N–C) groups is 1. The number of hydrogen-bond donors (Lipinski definition) is 3. The first-order valence-corrected chi connectivity index (χ1v) is 8.82. The third kappa shape index (κ3) is 6.69. The van der Waals surface area contributed by atoms with E-state index in [2.05, 4.69) is 15.6 Å². The van der Waals surface area contributed by atoms with Gasteiger partial charge in [0, 0.05) is 12.1 Å². The largest absolute Gasteiger partial charge is 0.508 e. The number of guanidine groups is 1. The van der Waals surface area contributed by atoms with Crippen LogP contribution < -0.4 is 20.1 Å². The van der Waals surface area contributed by atoms with Gasteiger partial charge < -0.3 is 25.2 Å². The van der Waals surface area contributed by atoms with Crippen LogP contribution in [0.25, 0.3) is 0 Å². The Kier molecular flexibility index (Phi) is 7.73. The normalized spacial score (nSPS) is 12.4. The Morgan fingerprint density at radius 3 is 2.52 bits per heavy atom. The standard InChI is InChI=1S/C20H26FN3O3/c1-4-22-20(24-13-15-11-18(26-3)9-10-19(15)25)23-12-14(2)27-17-7-5-16(21)6-8-17/h5-11,14,25H,4,12-13H2,1-3H3,(H2,22,23,24). The number of benzene rings is 2. The molecule has 2 aromatic rings. The minimum absolute atomic E-state index is 0.149. The number of halogens is 1. The van der Waals surface area contributed by atoms with E-state index in [4.69, 9.17) is 9.47 Å². The van der Waals surface area contributed by atoms with Crippen LogP contribution in [0, 0.1) is 5.82 Å². The Morgan fingerprint density at radius 1 is 1.15 bits per heavy atom. The lowest BCUT2D eigenvalue weighted by atomic mass is 10.2. The van der Waals surface area contributed by atoms with Gasteiger partial charge in [0.15, 0.2) is 5.96 Å². The molecule has 6 nitrogen and oxygen atoms in total. The molecule has 0 radical (unpaired) electrons. The molecule has 1 unspecified atom stereocenters. The highest BCUT2D eigenvalue weighted by atomic mass is 19.1. The molecule has 3 N–H and O–H groups in total. The predicted molar refractivity (Wildman–Crippen MR) is 104 cm³/mol. The molecule has 0 bridgehead atoms. The topological polar surface area (TPSA) is 75.1 Å². The minimum atomic E-state index is -0.296. The minimum Gasteiger partial charge on any atom is -0.508 e. The summed E-state index contributed by atoms with van der Waals surface area (Å²) in [5, 5.41) is 16.3. The number of rotatable bonds is 8. The van der Waals surface area contributed by atoms with Crippen LogP contribution in [0.4, 0.5) is 4.39 Å². The number of phenols is 1. The average Bonchev–Trinajstić information content (AvgIpc) is 2.67. The molecule has 0 aliphatic heterocycles. The van der Waals surface area contributed by atoms with E-state index >= 15 is 0 Å². The van der Waals surface area contributed by atoms with E-state index in [0.717, 1.165) is 0 Å². The lowest BCUT2D eigenvalue weighted by molar-refractivity contribution is 0.223. The van der Waals surface area contributed by atoms with E-state index in [1.807, 2.05) is 13.8 Å². The monoisotopic (exact) mass is 375 g/mol. The molecular formula is C20H26FN3O3. The quantitative estimate of drug-likeness (QED) is 0.488. The predicted octanol–water partition coefficient (Wildman–Crippen LogP) is 3.06. The Balaban J connectivity index is 1.93. The van der Waals surface area contributed by atoms with E-state index in [-0.39, 0.29) is 17.7 Å². The Hall–Kier alpha value is -2.96. The van der Waals surface area contributed by atoms with E-state index < -0.39 is 0 Å². The second kappa shape index (κ2) is 10.3. The maximum absolute atomic E-state index is 12.9. The molecule has 1 atom stereocenters. The van der Waals surface area contributed by atoms with E-state index in [1.165, 1.54) is 12.1 Å². The first kappa shape index (κ1) is 20.4. The van der Waals surface area contributed by atoms with Crippen LogP contribution in [-0.2, 0) is 6.54 Å². The van der Waals surface area contributed by atoms with Crippen molar-refractivity contribution in [3.8, 4) is 17.2 Å². The lowest BCUT2D eigenvalue weighted by Crippen LogP contribution is -2.41. The summed E-state index contributed by atoms with van der Waals surface area (Å²) in [6.45, 7) is 5.38. The summed E-state index contributed by atoms with van der Waals surface area (Å²) in [5.41, 5.74) is 0.669. The van der Waals surface area contributed by atoms with Gasteiger partial charge in [-0.15, -0.1) is 0 Å². The molecule has 146 valence electrons. The van der Waals surface area contributed by atoms with Crippen molar-refractivity contribution in [2.24, 2.45) is 4.99 Å². The number of phenolic OH excluding ortho intramolecular Hbond substituents is 1. The highest BCUT2D eigenvalue weighted by Crippen LogP contribution is 2.23. The molecule has 0 aliphatic carbocycles. The number of hydrogen-bond acceptors (Lipinski definition) is 4. The van der Waals surface area contributed by atoms with Crippen LogP contribution >= 0.6 is 0 Å². The summed E-state index contributed by atoms with van der Waals surface area (Å²) in [6.07, 6.45) is -0.149. The van der Waals surface area contributed by atoms with Gasteiger partial charge in [-0.05, 0) is 56.3 Å². The molecular weight excluding hydrogens is 349 g/mol. The van der Waals surface area contributed by atoms with Gasteiger partial charge in [-0.25, -0.2) is 9.38 Å².